The summed E-state index contributed by atoms with van der Waals surface area (Å²) in [6.45, 7) is 3.99. The van der Waals surface area contributed by atoms with Gasteiger partial charge in [-0.3, -0.25) is 0 Å². The lowest BCUT2D eigenvalue weighted by Crippen LogP contribution is -1.62. The van der Waals surface area contributed by atoms with Crippen LogP contribution in [0.2, 0.25) is 0 Å². The molecule has 2 rings (SSSR count). The minimum atomic E-state index is 0.947. The van der Waals surface area contributed by atoms with Gasteiger partial charge in [0.1, 0.15) is 0 Å². The molecule has 0 aliphatic heterocycles. The van der Waals surface area contributed by atoms with E-state index in [4.69, 9.17) is 4.52 Å². The van der Waals surface area contributed by atoms with Crippen molar-refractivity contribution in [3.05, 3.63) is 16.6 Å². The Bertz CT molecular complexity index is 324. The molecular formula is C7H7NOS. The molecule has 0 amide bonds. The summed E-state index contributed by atoms with van der Waals surface area (Å²) >= 11 is 1.69. The van der Waals surface area contributed by atoms with Crippen LogP contribution >= 0.6 is 11.3 Å². The van der Waals surface area contributed by atoms with E-state index in [2.05, 4.69) is 10.5 Å². The van der Waals surface area contributed by atoms with Gasteiger partial charge in [-0.1, -0.05) is 5.16 Å². The minimum absolute atomic E-state index is 0.947. The van der Waals surface area contributed by atoms with Crippen molar-refractivity contribution in [1.29, 1.82) is 0 Å². The zero-order valence-electron chi connectivity index (χ0n) is 5.84. The molecule has 0 aliphatic carbocycles. The highest BCUT2D eigenvalue weighted by molar-refractivity contribution is 7.17. The highest BCUT2D eigenvalue weighted by Gasteiger charge is 2.07. The average molecular weight is 153 g/mol. The van der Waals surface area contributed by atoms with Crippen LogP contribution in [0.15, 0.2) is 9.90 Å². The van der Waals surface area contributed by atoms with E-state index in [0.717, 1.165) is 11.3 Å². The molecular weight excluding hydrogens is 146 g/mol. The van der Waals surface area contributed by atoms with E-state index in [1.807, 2.05) is 13.8 Å². The lowest BCUT2D eigenvalue weighted by molar-refractivity contribution is 0.449. The van der Waals surface area contributed by atoms with Crippen molar-refractivity contribution in [2.45, 2.75) is 13.8 Å². The number of hydrogen-bond acceptors (Lipinski definition) is 3. The van der Waals surface area contributed by atoms with E-state index in [1.54, 1.807) is 11.3 Å². The van der Waals surface area contributed by atoms with Crippen molar-refractivity contribution in [3.63, 3.8) is 0 Å². The lowest BCUT2D eigenvalue weighted by atomic mass is 10.3. The standard InChI is InChI=1S/C7H7NOS/c1-4-3-10-7-5(2)8-9-6(4)7/h3H,1-2H3. The van der Waals surface area contributed by atoms with Gasteiger partial charge >= 0.3 is 0 Å². The lowest BCUT2D eigenvalue weighted by Gasteiger charge is -1.73. The quantitative estimate of drug-likeness (QED) is 0.581. The Labute approximate surface area is 62.4 Å². The normalized spacial score (nSPS) is 11.0. The summed E-state index contributed by atoms with van der Waals surface area (Å²) in [6.07, 6.45) is 0. The fourth-order valence-corrected chi connectivity index (χ4v) is 1.87. The van der Waals surface area contributed by atoms with Crippen molar-refractivity contribution >= 4 is 21.6 Å². The predicted molar refractivity (Wildman–Crippen MR) is 41.4 cm³/mol. The van der Waals surface area contributed by atoms with Crippen LogP contribution in [0.5, 0.6) is 0 Å². The minimum Gasteiger partial charge on any atom is -0.355 e. The van der Waals surface area contributed by atoms with Crippen LogP contribution in [0.1, 0.15) is 11.3 Å². The topological polar surface area (TPSA) is 26.0 Å². The molecule has 2 aromatic heterocycles. The van der Waals surface area contributed by atoms with Gasteiger partial charge in [-0.05, 0) is 19.2 Å². The van der Waals surface area contributed by atoms with Gasteiger partial charge in [0.25, 0.3) is 0 Å². The number of nitrogens with zero attached hydrogens (tertiary/aromatic N) is 1. The smallest absolute Gasteiger partial charge is 0.180 e. The number of rotatable bonds is 0. The third kappa shape index (κ3) is 0.609. The molecule has 2 heterocycles. The number of thiophene rings is 1. The number of hydrogen-bond donors (Lipinski definition) is 0. The van der Waals surface area contributed by atoms with Crippen molar-refractivity contribution in [1.82, 2.24) is 5.16 Å². The maximum atomic E-state index is 5.08. The highest BCUT2D eigenvalue weighted by Crippen LogP contribution is 2.27. The summed E-state index contributed by atoms with van der Waals surface area (Å²) in [6, 6.07) is 0. The second kappa shape index (κ2) is 1.83. The fourth-order valence-electron chi connectivity index (χ4n) is 0.952. The molecule has 3 heteroatoms. The predicted octanol–water partition coefficient (Wildman–Crippen LogP) is 2.51. The molecule has 0 fully saturated rings. The molecule has 0 atom stereocenters. The van der Waals surface area contributed by atoms with Gasteiger partial charge in [0.15, 0.2) is 5.58 Å². The van der Waals surface area contributed by atoms with Gasteiger partial charge in [0.2, 0.25) is 0 Å². The summed E-state index contributed by atoms with van der Waals surface area (Å²) in [7, 11) is 0. The van der Waals surface area contributed by atoms with Crippen molar-refractivity contribution in [2.24, 2.45) is 0 Å². The summed E-state index contributed by atoms with van der Waals surface area (Å²) in [5.74, 6) is 0. The van der Waals surface area contributed by atoms with E-state index in [-0.39, 0.29) is 0 Å². The van der Waals surface area contributed by atoms with Crippen LogP contribution in [0.25, 0.3) is 10.3 Å². The van der Waals surface area contributed by atoms with Crippen LogP contribution in [-0.2, 0) is 0 Å². The molecule has 10 heavy (non-hydrogen) atoms. The van der Waals surface area contributed by atoms with Crippen molar-refractivity contribution < 1.29 is 4.52 Å². The Morgan fingerprint density at radius 2 is 2.30 bits per heavy atom. The number of aromatic nitrogens is 1. The summed E-state index contributed by atoms with van der Waals surface area (Å²) in [5, 5.41) is 5.94. The Morgan fingerprint density at radius 1 is 1.50 bits per heavy atom. The van der Waals surface area contributed by atoms with Crippen LogP contribution < -0.4 is 0 Å². The molecule has 0 saturated heterocycles. The van der Waals surface area contributed by atoms with Gasteiger partial charge in [-0.15, -0.1) is 11.3 Å². The second-order valence-electron chi connectivity index (χ2n) is 2.34. The molecule has 0 saturated carbocycles. The van der Waals surface area contributed by atoms with Crippen LogP contribution in [0, 0.1) is 13.8 Å². The zero-order chi connectivity index (χ0) is 7.14. The Kier molecular flexibility index (Phi) is 1.08. The monoisotopic (exact) mass is 153 g/mol. The van der Waals surface area contributed by atoms with Crippen molar-refractivity contribution in [3.8, 4) is 0 Å². The molecule has 0 radical (unpaired) electrons. The summed E-state index contributed by atoms with van der Waals surface area (Å²) in [4.78, 5) is 0. The Balaban J connectivity index is 2.95. The van der Waals surface area contributed by atoms with Crippen LogP contribution in [0.3, 0.4) is 0 Å². The van der Waals surface area contributed by atoms with Crippen LogP contribution in [-0.4, -0.2) is 5.16 Å². The molecule has 0 bridgehead atoms. The average Bonchev–Trinajstić information content (AvgIpc) is 2.41. The molecule has 0 aliphatic rings. The first-order valence-corrected chi connectivity index (χ1v) is 3.97. The van der Waals surface area contributed by atoms with Crippen LogP contribution in [0.4, 0.5) is 0 Å². The third-order valence-corrected chi connectivity index (χ3v) is 2.71. The van der Waals surface area contributed by atoms with Gasteiger partial charge in [-0.25, -0.2) is 0 Å². The summed E-state index contributed by atoms with van der Waals surface area (Å²) in [5.41, 5.74) is 3.12. The SMILES string of the molecule is Cc1csc2c(C)noc12. The van der Waals surface area contributed by atoms with E-state index in [0.29, 0.717) is 0 Å². The first kappa shape index (κ1) is 5.92. The van der Waals surface area contributed by atoms with E-state index >= 15 is 0 Å². The largest absolute Gasteiger partial charge is 0.355 e. The third-order valence-electron chi connectivity index (χ3n) is 1.52. The van der Waals surface area contributed by atoms with Gasteiger partial charge in [0.05, 0.1) is 10.4 Å². The van der Waals surface area contributed by atoms with E-state index in [1.165, 1.54) is 10.3 Å². The molecule has 2 aromatic rings. The molecule has 2 nitrogen and oxygen atoms in total. The number of aryl methyl sites for hydroxylation is 2. The van der Waals surface area contributed by atoms with Gasteiger partial charge in [0, 0.05) is 5.56 Å². The Morgan fingerprint density at radius 3 is 3.00 bits per heavy atom. The molecule has 0 aromatic carbocycles. The zero-order valence-corrected chi connectivity index (χ0v) is 6.66. The van der Waals surface area contributed by atoms with Gasteiger partial charge in [-0.2, -0.15) is 0 Å². The maximum Gasteiger partial charge on any atom is 0.180 e. The first-order chi connectivity index (χ1) is 4.79. The van der Waals surface area contributed by atoms with Crippen molar-refractivity contribution in [2.75, 3.05) is 0 Å². The molecule has 0 N–H and O–H groups in total. The van der Waals surface area contributed by atoms with Gasteiger partial charge < -0.3 is 4.52 Å². The Hall–Kier alpha value is -0.830. The fraction of sp³-hybridized carbons (Fsp3) is 0.286. The second-order valence-corrected chi connectivity index (χ2v) is 3.22. The highest BCUT2D eigenvalue weighted by atomic mass is 32.1. The molecule has 0 spiro atoms. The first-order valence-electron chi connectivity index (χ1n) is 3.09. The maximum absolute atomic E-state index is 5.08. The molecule has 52 valence electrons. The van der Waals surface area contributed by atoms with E-state index in [9.17, 15) is 0 Å². The molecule has 0 unspecified atom stereocenters. The van der Waals surface area contributed by atoms with E-state index < -0.39 is 0 Å². The number of fused-ring (bicyclic) bond motifs is 1. The summed E-state index contributed by atoms with van der Waals surface area (Å²) < 4.78 is 6.26.